The molecule has 0 aromatic heterocycles. The van der Waals surface area contributed by atoms with E-state index in [4.69, 9.17) is 23.2 Å². The van der Waals surface area contributed by atoms with Gasteiger partial charge in [-0.25, -0.2) is 0 Å². The number of rotatable bonds is 3. The van der Waals surface area contributed by atoms with Gasteiger partial charge in [-0.15, -0.1) is 0 Å². The molecule has 1 aliphatic rings. The first-order valence-corrected chi connectivity index (χ1v) is 7.72. The average molecular weight is 320 g/mol. The summed E-state index contributed by atoms with van der Waals surface area (Å²) < 4.78 is 0. The molecule has 2 aromatic rings. The lowest BCUT2D eigenvalue weighted by molar-refractivity contribution is 0.0998. The summed E-state index contributed by atoms with van der Waals surface area (Å²) in [6.45, 7) is 1.28. The van der Waals surface area contributed by atoms with Crippen LogP contribution < -0.4 is 4.90 Å². The van der Waals surface area contributed by atoms with Crippen LogP contribution in [0.15, 0.2) is 42.5 Å². The summed E-state index contributed by atoms with van der Waals surface area (Å²) in [6.07, 6.45) is 2.15. The van der Waals surface area contributed by atoms with Gasteiger partial charge in [-0.1, -0.05) is 41.4 Å². The smallest absolute Gasteiger partial charge is 0.182 e. The lowest BCUT2D eigenvalue weighted by Gasteiger charge is -2.30. The molecule has 0 unspecified atom stereocenters. The molecule has 0 amide bonds. The molecule has 0 N–H and O–H groups in total. The van der Waals surface area contributed by atoms with Crippen molar-refractivity contribution in [2.24, 2.45) is 0 Å². The number of hydrogen-bond donors (Lipinski definition) is 0. The van der Waals surface area contributed by atoms with Gasteiger partial charge in [-0.2, -0.15) is 0 Å². The zero-order chi connectivity index (χ0) is 14.8. The molecule has 21 heavy (non-hydrogen) atoms. The number of carbonyl (C=O) groups is 1. The second-order valence-corrected chi connectivity index (χ2v) is 6.02. The monoisotopic (exact) mass is 319 g/mol. The molecular weight excluding hydrogens is 305 g/mol. The van der Waals surface area contributed by atoms with E-state index in [9.17, 15) is 4.79 Å². The molecule has 4 heteroatoms. The first kappa shape index (κ1) is 14.4. The minimum atomic E-state index is 0.0604. The van der Waals surface area contributed by atoms with Gasteiger partial charge in [-0.05, 0) is 42.7 Å². The molecule has 0 spiro atoms. The lowest BCUT2D eigenvalue weighted by Crippen LogP contribution is -2.34. The van der Waals surface area contributed by atoms with E-state index in [0.717, 1.165) is 25.1 Å². The predicted molar refractivity (Wildman–Crippen MR) is 87.8 cm³/mol. The zero-order valence-electron chi connectivity index (χ0n) is 11.5. The Labute approximate surface area is 134 Å². The maximum atomic E-state index is 12.4. The van der Waals surface area contributed by atoms with E-state index in [1.54, 1.807) is 18.2 Å². The van der Waals surface area contributed by atoms with Crippen LogP contribution in [0.5, 0.6) is 0 Å². The maximum Gasteiger partial charge on any atom is 0.182 e. The fourth-order valence-electron chi connectivity index (χ4n) is 2.71. The maximum absolute atomic E-state index is 12.4. The standard InChI is InChI=1S/C17H15Cl2NO/c18-14-8-7-13(10-15(14)19)17(21)11-20-9-3-5-12-4-1-2-6-16(12)20/h1-2,4,6-8,10H,3,5,9,11H2. The van der Waals surface area contributed by atoms with Crippen molar-refractivity contribution in [3.63, 3.8) is 0 Å². The van der Waals surface area contributed by atoms with Crippen LogP contribution in [0.4, 0.5) is 5.69 Å². The highest BCUT2D eigenvalue weighted by molar-refractivity contribution is 6.42. The van der Waals surface area contributed by atoms with Crippen LogP contribution in [0.1, 0.15) is 22.3 Å². The molecule has 0 saturated heterocycles. The van der Waals surface area contributed by atoms with Crippen molar-refractivity contribution >= 4 is 34.7 Å². The van der Waals surface area contributed by atoms with Crippen LogP contribution in [0.2, 0.25) is 10.0 Å². The van der Waals surface area contributed by atoms with Gasteiger partial charge in [0.2, 0.25) is 0 Å². The molecular formula is C17H15Cl2NO. The first-order chi connectivity index (χ1) is 10.1. The number of hydrogen-bond acceptors (Lipinski definition) is 2. The summed E-state index contributed by atoms with van der Waals surface area (Å²) in [5, 5.41) is 0.887. The van der Waals surface area contributed by atoms with Gasteiger partial charge >= 0.3 is 0 Å². The van der Waals surface area contributed by atoms with Gasteiger partial charge in [0, 0.05) is 17.8 Å². The van der Waals surface area contributed by atoms with Gasteiger partial charge < -0.3 is 4.90 Å². The van der Waals surface area contributed by atoms with Crippen molar-refractivity contribution in [1.82, 2.24) is 0 Å². The van der Waals surface area contributed by atoms with Crippen molar-refractivity contribution in [3.05, 3.63) is 63.6 Å². The van der Waals surface area contributed by atoms with Crippen molar-refractivity contribution in [3.8, 4) is 0 Å². The van der Waals surface area contributed by atoms with Crippen LogP contribution >= 0.6 is 23.2 Å². The molecule has 2 aromatic carbocycles. The Kier molecular flexibility index (Phi) is 4.18. The number of nitrogens with zero attached hydrogens (tertiary/aromatic N) is 1. The number of fused-ring (bicyclic) bond motifs is 1. The van der Waals surface area contributed by atoms with E-state index in [1.165, 1.54) is 5.56 Å². The summed E-state index contributed by atoms with van der Waals surface area (Å²) in [5.41, 5.74) is 3.08. The third-order valence-electron chi connectivity index (χ3n) is 3.78. The second kappa shape index (κ2) is 6.08. The number of Topliss-reactive ketones (excluding diaryl/α,β-unsaturated/α-hetero) is 1. The minimum absolute atomic E-state index is 0.0604. The third kappa shape index (κ3) is 3.07. The van der Waals surface area contributed by atoms with E-state index in [1.807, 2.05) is 12.1 Å². The fraction of sp³-hybridized carbons (Fsp3) is 0.235. The van der Waals surface area contributed by atoms with Crippen LogP contribution in [-0.4, -0.2) is 18.9 Å². The highest BCUT2D eigenvalue weighted by Crippen LogP contribution is 2.27. The minimum Gasteiger partial charge on any atom is -0.364 e. The topological polar surface area (TPSA) is 20.3 Å². The summed E-state index contributed by atoms with van der Waals surface area (Å²) in [5.74, 6) is 0.0604. The largest absolute Gasteiger partial charge is 0.364 e. The van der Waals surface area contributed by atoms with E-state index >= 15 is 0 Å². The molecule has 3 rings (SSSR count). The Morgan fingerprint density at radius 3 is 2.71 bits per heavy atom. The van der Waals surface area contributed by atoms with Crippen LogP contribution in [0.25, 0.3) is 0 Å². The Hall–Kier alpha value is -1.51. The van der Waals surface area contributed by atoms with Gasteiger partial charge in [0.15, 0.2) is 5.78 Å². The quantitative estimate of drug-likeness (QED) is 0.769. The number of ketones is 1. The number of benzene rings is 2. The number of anilines is 1. The van der Waals surface area contributed by atoms with Crippen molar-refractivity contribution in [2.45, 2.75) is 12.8 Å². The van der Waals surface area contributed by atoms with Crippen LogP contribution in [0, 0.1) is 0 Å². The Bertz CT molecular complexity index is 684. The SMILES string of the molecule is O=C(CN1CCCc2ccccc21)c1ccc(Cl)c(Cl)c1. The normalized spacial score (nSPS) is 13.9. The zero-order valence-corrected chi connectivity index (χ0v) is 13.0. The molecule has 1 heterocycles. The van der Waals surface area contributed by atoms with E-state index < -0.39 is 0 Å². The number of carbonyl (C=O) groups excluding carboxylic acids is 1. The van der Waals surface area contributed by atoms with Crippen LogP contribution in [-0.2, 0) is 6.42 Å². The molecule has 2 nitrogen and oxygen atoms in total. The Balaban J connectivity index is 1.81. The Morgan fingerprint density at radius 2 is 1.90 bits per heavy atom. The second-order valence-electron chi connectivity index (χ2n) is 5.21. The molecule has 0 aliphatic carbocycles. The summed E-state index contributed by atoms with van der Waals surface area (Å²) >= 11 is 11.9. The van der Waals surface area contributed by atoms with Crippen molar-refractivity contribution < 1.29 is 4.79 Å². The lowest BCUT2D eigenvalue weighted by atomic mass is 10.0. The van der Waals surface area contributed by atoms with Crippen molar-refractivity contribution in [2.75, 3.05) is 18.0 Å². The molecule has 0 fully saturated rings. The predicted octanol–water partition coefficient (Wildman–Crippen LogP) is 4.63. The third-order valence-corrected chi connectivity index (χ3v) is 4.52. The molecule has 0 radical (unpaired) electrons. The molecule has 0 bridgehead atoms. The van der Waals surface area contributed by atoms with E-state index in [-0.39, 0.29) is 5.78 Å². The van der Waals surface area contributed by atoms with Gasteiger partial charge in [0.25, 0.3) is 0 Å². The molecule has 1 aliphatic heterocycles. The molecule has 0 atom stereocenters. The van der Waals surface area contributed by atoms with Crippen molar-refractivity contribution in [1.29, 1.82) is 0 Å². The van der Waals surface area contributed by atoms with Gasteiger partial charge in [0.1, 0.15) is 0 Å². The summed E-state index contributed by atoms with van der Waals surface area (Å²) in [6, 6.07) is 13.3. The highest BCUT2D eigenvalue weighted by atomic mass is 35.5. The molecule has 108 valence electrons. The van der Waals surface area contributed by atoms with Gasteiger partial charge in [0.05, 0.1) is 16.6 Å². The fourth-order valence-corrected chi connectivity index (χ4v) is 3.01. The molecule has 0 saturated carbocycles. The number of para-hydroxylation sites is 1. The average Bonchev–Trinajstić information content (AvgIpc) is 2.50. The highest BCUT2D eigenvalue weighted by Gasteiger charge is 2.19. The van der Waals surface area contributed by atoms with Gasteiger partial charge in [-0.3, -0.25) is 4.79 Å². The Morgan fingerprint density at radius 1 is 1.10 bits per heavy atom. The summed E-state index contributed by atoms with van der Waals surface area (Å²) in [4.78, 5) is 14.6. The summed E-state index contributed by atoms with van der Waals surface area (Å²) in [7, 11) is 0. The van der Waals surface area contributed by atoms with E-state index in [0.29, 0.717) is 22.2 Å². The van der Waals surface area contributed by atoms with E-state index in [2.05, 4.69) is 17.0 Å². The van der Waals surface area contributed by atoms with Crippen LogP contribution in [0.3, 0.4) is 0 Å². The first-order valence-electron chi connectivity index (χ1n) is 6.96. The number of aryl methyl sites for hydroxylation is 1. The number of halogens is 2.